The van der Waals surface area contributed by atoms with Gasteiger partial charge in [-0.25, -0.2) is 9.07 Å². The summed E-state index contributed by atoms with van der Waals surface area (Å²) in [6.07, 6.45) is 1.24. The Kier molecular flexibility index (Phi) is 4.48. The van der Waals surface area contributed by atoms with Gasteiger partial charge in [0.05, 0.1) is 11.1 Å². The zero-order valence-electron chi connectivity index (χ0n) is 12.7. The van der Waals surface area contributed by atoms with Crippen LogP contribution in [0.4, 0.5) is 4.39 Å². The number of fused-ring (bicyclic) bond motifs is 1. The SMILES string of the molecule is NCCCn1nc(Cc2ccc(F)cc2)c2ccccc2c1=O. The Labute approximate surface area is 133 Å². The molecule has 118 valence electrons. The Morgan fingerprint density at radius 2 is 1.74 bits per heavy atom. The van der Waals surface area contributed by atoms with E-state index in [0.717, 1.165) is 16.6 Å². The van der Waals surface area contributed by atoms with Crippen LogP contribution in [0.1, 0.15) is 17.7 Å². The highest BCUT2D eigenvalue weighted by Gasteiger charge is 2.10. The molecule has 5 heteroatoms. The Hall–Kier alpha value is -2.53. The Bertz CT molecular complexity index is 872. The van der Waals surface area contributed by atoms with Crippen molar-refractivity contribution in [2.24, 2.45) is 5.73 Å². The predicted molar refractivity (Wildman–Crippen MR) is 88.9 cm³/mol. The van der Waals surface area contributed by atoms with E-state index < -0.39 is 0 Å². The van der Waals surface area contributed by atoms with E-state index in [9.17, 15) is 9.18 Å². The molecule has 2 aromatic carbocycles. The first kappa shape index (κ1) is 15.4. The molecule has 0 aliphatic heterocycles. The highest BCUT2D eigenvalue weighted by atomic mass is 19.1. The van der Waals surface area contributed by atoms with Crippen molar-refractivity contribution in [1.29, 1.82) is 0 Å². The maximum atomic E-state index is 13.1. The second kappa shape index (κ2) is 6.71. The standard InChI is InChI=1S/C18H18FN3O/c19-14-8-6-13(7-9-14)12-17-15-4-1-2-5-16(15)18(23)22(21-17)11-3-10-20/h1-2,4-9H,3,10-12,20H2. The lowest BCUT2D eigenvalue weighted by atomic mass is 10.0. The summed E-state index contributed by atoms with van der Waals surface area (Å²) in [6, 6.07) is 13.8. The zero-order valence-corrected chi connectivity index (χ0v) is 12.7. The van der Waals surface area contributed by atoms with E-state index in [4.69, 9.17) is 5.73 Å². The molecule has 0 amide bonds. The number of aryl methyl sites for hydroxylation is 1. The first-order chi connectivity index (χ1) is 11.2. The van der Waals surface area contributed by atoms with E-state index >= 15 is 0 Å². The summed E-state index contributed by atoms with van der Waals surface area (Å²) in [5.41, 5.74) is 7.20. The lowest BCUT2D eigenvalue weighted by molar-refractivity contribution is 0.551. The van der Waals surface area contributed by atoms with Crippen molar-refractivity contribution < 1.29 is 4.39 Å². The predicted octanol–water partition coefficient (Wildman–Crippen LogP) is 2.48. The van der Waals surface area contributed by atoms with Gasteiger partial charge in [-0.2, -0.15) is 5.10 Å². The molecule has 3 aromatic rings. The maximum absolute atomic E-state index is 13.1. The zero-order chi connectivity index (χ0) is 16.2. The van der Waals surface area contributed by atoms with Gasteiger partial charge in [0.25, 0.3) is 5.56 Å². The van der Waals surface area contributed by atoms with Gasteiger partial charge >= 0.3 is 0 Å². The number of halogens is 1. The second-order valence-electron chi connectivity index (χ2n) is 5.47. The van der Waals surface area contributed by atoms with Crippen molar-refractivity contribution in [2.45, 2.75) is 19.4 Å². The fraction of sp³-hybridized carbons (Fsp3) is 0.222. The molecule has 0 unspecified atom stereocenters. The van der Waals surface area contributed by atoms with Crippen molar-refractivity contribution in [3.8, 4) is 0 Å². The number of rotatable bonds is 5. The van der Waals surface area contributed by atoms with Crippen molar-refractivity contribution >= 4 is 10.8 Å². The number of aromatic nitrogens is 2. The highest BCUT2D eigenvalue weighted by Crippen LogP contribution is 2.17. The largest absolute Gasteiger partial charge is 0.330 e. The molecule has 0 atom stereocenters. The summed E-state index contributed by atoms with van der Waals surface area (Å²) in [7, 11) is 0. The van der Waals surface area contributed by atoms with E-state index in [-0.39, 0.29) is 11.4 Å². The first-order valence-electron chi connectivity index (χ1n) is 7.62. The van der Waals surface area contributed by atoms with Gasteiger partial charge < -0.3 is 5.73 Å². The maximum Gasteiger partial charge on any atom is 0.274 e. The van der Waals surface area contributed by atoms with Gasteiger partial charge in [-0.1, -0.05) is 30.3 Å². The fourth-order valence-corrected chi connectivity index (χ4v) is 2.62. The second-order valence-corrected chi connectivity index (χ2v) is 5.47. The number of hydrogen-bond donors (Lipinski definition) is 1. The molecule has 0 aliphatic rings. The van der Waals surface area contributed by atoms with Gasteiger partial charge in [-0.15, -0.1) is 0 Å². The van der Waals surface area contributed by atoms with Gasteiger partial charge in [0.15, 0.2) is 0 Å². The minimum Gasteiger partial charge on any atom is -0.330 e. The molecule has 0 radical (unpaired) electrons. The van der Waals surface area contributed by atoms with Crippen LogP contribution in [0.25, 0.3) is 10.8 Å². The smallest absolute Gasteiger partial charge is 0.274 e. The van der Waals surface area contributed by atoms with E-state index in [1.807, 2.05) is 24.3 Å². The number of hydrogen-bond acceptors (Lipinski definition) is 3. The molecular weight excluding hydrogens is 293 g/mol. The Morgan fingerprint density at radius 1 is 1.04 bits per heavy atom. The molecule has 1 heterocycles. The van der Waals surface area contributed by atoms with Crippen LogP contribution in [0.3, 0.4) is 0 Å². The van der Waals surface area contributed by atoms with Gasteiger partial charge in [0.2, 0.25) is 0 Å². The van der Waals surface area contributed by atoms with E-state index in [1.54, 1.807) is 12.1 Å². The monoisotopic (exact) mass is 311 g/mol. The van der Waals surface area contributed by atoms with Crippen LogP contribution in [0.15, 0.2) is 53.3 Å². The molecule has 2 N–H and O–H groups in total. The summed E-state index contributed by atoms with van der Waals surface area (Å²) in [4.78, 5) is 12.5. The third kappa shape index (κ3) is 3.29. The van der Waals surface area contributed by atoms with Crippen molar-refractivity contribution in [2.75, 3.05) is 6.54 Å². The molecule has 0 fully saturated rings. The topological polar surface area (TPSA) is 60.9 Å². The molecule has 23 heavy (non-hydrogen) atoms. The summed E-state index contributed by atoms with van der Waals surface area (Å²) in [5.74, 6) is -0.264. The minimum atomic E-state index is -0.264. The summed E-state index contributed by atoms with van der Waals surface area (Å²) in [5, 5.41) is 6.00. The average molecular weight is 311 g/mol. The summed E-state index contributed by atoms with van der Waals surface area (Å²) in [6.45, 7) is 1.00. The molecule has 4 nitrogen and oxygen atoms in total. The summed E-state index contributed by atoms with van der Waals surface area (Å²) < 4.78 is 14.5. The quantitative estimate of drug-likeness (QED) is 0.787. The average Bonchev–Trinajstić information content (AvgIpc) is 2.58. The van der Waals surface area contributed by atoms with Gasteiger partial charge in [-0.3, -0.25) is 4.79 Å². The van der Waals surface area contributed by atoms with Crippen LogP contribution in [-0.2, 0) is 13.0 Å². The Balaban J connectivity index is 2.08. The Morgan fingerprint density at radius 3 is 2.43 bits per heavy atom. The molecule has 0 saturated heterocycles. The van der Waals surface area contributed by atoms with E-state index in [1.165, 1.54) is 16.8 Å². The van der Waals surface area contributed by atoms with Crippen LogP contribution < -0.4 is 11.3 Å². The number of nitrogens with two attached hydrogens (primary N) is 1. The van der Waals surface area contributed by atoms with Gasteiger partial charge in [-0.05, 0) is 36.7 Å². The first-order valence-corrected chi connectivity index (χ1v) is 7.62. The lowest BCUT2D eigenvalue weighted by Gasteiger charge is -2.11. The van der Waals surface area contributed by atoms with Crippen LogP contribution in [0.5, 0.6) is 0 Å². The number of benzene rings is 2. The highest BCUT2D eigenvalue weighted by molar-refractivity contribution is 5.83. The van der Waals surface area contributed by atoms with Gasteiger partial charge in [0.1, 0.15) is 5.82 Å². The molecule has 0 saturated carbocycles. The van der Waals surface area contributed by atoms with E-state index in [2.05, 4.69) is 5.10 Å². The number of nitrogens with zero attached hydrogens (tertiary/aromatic N) is 2. The molecule has 3 rings (SSSR count). The molecule has 0 spiro atoms. The van der Waals surface area contributed by atoms with E-state index in [0.29, 0.717) is 31.3 Å². The van der Waals surface area contributed by atoms with Crippen LogP contribution in [0.2, 0.25) is 0 Å². The molecule has 0 bridgehead atoms. The normalized spacial score (nSPS) is 11.0. The van der Waals surface area contributed by atoms with Crippen molar-refractivity contribution in [3.05, 3.63) is 76.0 Å². The third-order valence-corrected chi connectivity index (χ3v) is 3.80. The molecule has 0 aliphatic carbocycles. The fourth-order valence-electron chi connectivity index (χ4n) is 2.62. The van der Waals surface area contributed by atoms with Crippen LogP contribution >= 0.6 is 0 Å². The lowest BCUT2D eigenvalue weighted by Crippen LogP contribution is -2.26. The molecule has 1 aromatic heterocycles. The summed E-state index contributed by atoms with van der Waals surface area (Å²) >= 11 is 0. The van der Waals surface area contributed by atoms with Gasteiger partial charge in [0, 0.05) is 18.4 Å². The van der Waals surface area contributed by atoms with Crippen molar-refractivity contribution in [3.63, 3.8) is 0 Å². The van der Waals surface area contributed by atoms with Crippen molar-refractivity contribution in [1.82, 2.24) is 9.78 Å². The minimum absolute atomic E-state index is 0.100. The van der Waals surface area contributed by atoms with Crippen LogP contribution in [-0.4, -0.2) is 16.3 Å². The molecular formula is C18H18FN3O. The third-order valence-electron chi connectivity index (χ3n) is 3.80. The van der Waals surface area contributed by atoms with Crippen LogP contribution in [0, 0.1) is 5.82 Å².